The Kier molecular flexibility index (Phi) is 3.35. The molecule has 57 heavy (non-hydrogen) atoms. The zero-order chi connectivity index (χ0) is 64.0. The summed E-state index contributed by atoms with van der Waals surface area (Å²) < 4.78 is 279. The van der Waals surface area contributed by atoms with Crippen LogP contribution in [0.5, 0.6) is 0 Å². The Balaban J connectivity index is 1.29. The number of hydrogen-bond acceptors (Lipinski definition) is 2. The summed E-state index contributed by atoms with van der Waals surface area (Å²) in [5, 5.41) is -0.956. The molecule has 10 aromatic rings. The number of para-hydroxylation sites is 2. The first-order valence-electron chi connectivity index (χ1n) is 32.3. The maximum Gasteiger partial charge on any atom is 0.159 e. The molecule has 1 aliphatic carbocycles. The van der Waals surface area contributed by atoms with Crippen LogP contribution in [0.1, 0.15) is 66.0 Å². The number of fused-ring (bicyclic) bond motifs is 7. The Labute approximate surface area is 375 Å². The Morgan fingerprint density at radius 3 is 2.07 bits per heavy atom. The van der Waals surface area contributed by atoms with E-state index in [-0.39, 0.29) is 44.3 Å². The lowest BCUT2D eigenvalue weighted by Gasteiger charge is -2.28. The molecule has 9 aromatic carbocycles. The largest absolute Gasteiger partial charge is 0.454 e. The van der Waals surface area contributed by atoms with Gasteiger partial charge in [0.1, 0.15) is 5.58 Å². The lowest BCUT2D eigenvalue weighted by atomic mass is 9.82. The molecular weight excluding hydrogens is 691 g/mol. The first kappa shape index (κ1) is 14.7. The normalized spacial score (nSPS) is 20.8. The minimum atomic E-state index is -3.71. The van der Waals surface area contributed by atoms with Gasteiger partial charge >= 0.3 is 0 Å². The topological polar surface area (TPSA) is 16.4 Å². The molecular formula is C55H39NO. The molecule has 2 nitrogen and oxygen atoms in total. The smallest absolute Gasteiger partial charge is 0.159 e. The minimum Gasteiger partial charge on any atom is -0.454 e. The summed E-state index contributed by atoms with van der Waals surface area (Å²) in [4.78, 5) is 0.693. The third-order valence-corrected chi connectivity index (χ3v) is 9.71. The Hall–Kier alpha value is -7.16. The molecule has 0 aliphatic heterocycles. The van der Waals surface area contributed by atoms with Crippen molar-refractivity contribution in [2.24, 2.45) is 0 Å². The van der Waals surface area contributed by atoms with Gasteiger partial charge in [-0.15, -0.1) is 0 Å². The van der Waals surface area contributed by atoms with Gasteiger partial charge in [0, 0.05) is 35.8 Å². The van der Waals surface area contributed by atoms with E-state index in [1.165, 1.54) is 24.3 Å². The number of rotatable bonds is 6. The van der Waals surface area contributed by atoms with Crippen molar-refractivity contribution >= 4 is 49.8 Å². The highest BCUT2D eigenvalue weighted by Crippen LogP contribution is 2.51. The number of hydrogen-bond donors (Lipinski definition) is 0. The molecule has 0 amide bonds. The predicted octanol–water partition coefficient (Wildman–Crippen LogP) is 15.5. The van der Waals surface area contributed by atoms with Crippen LogP contribution in [0.15, 0.2) is 204 Å². The molecule has 0 saturated carbocycles. The second-order valence-corrected chi connectivity index (χ2v) is 12.9. The van der Waals surface area contributed by atoms with Gasteiger partial charge in [-0.3, -0.25) is 0 Å². The van der Waals surface area contributed by atoms with Gasteiger partial charge in [-0.1, -0.05) is 177 Å². The zero-order valence-corrected chi connectivity index (χ0v) is 29.1. The van der Waals surface area contributed by atoms with E-state index in [1.54, 1.807) is 0 Å². The molecule has 270 valence electrons. The molecule has 0 unspecified atom stereocenters. The molecule has 2 heteroatoms. The molecule has 1 heterocycles. The van der Waals surface area contributed by atoms with Crippen molar-refractivity contribution in [3.05, 3.63) is 211 Å². The summed E-state index contributed by atoms with van der Waals surface area (Å²) in [6.07, 6.45) is 0. The number of furan rings is 1. The summed E-state index contributed by atoms with van der Waals surface area (Å²) in [7, 11) is 0. The predicted molar refractivity (Wildman–Crippen MR) is 240 cm³/mol. The maximum atomic E-state index is 10.1. The van der Waals surface area contributed by atoms with Gasteiger partial charge in [0.2, 0.25) is 0 Å². The summed E-state index contributed by atoms with van der Waals surface area (Å²) in [5.74, 6) is 0. The van der Waals surface area contributed by atoms with E-state index in [0.29, 0.717) is 4.90 Å². The van der Waals surface area contributed by atoms with Crippen LogP contribution in [-0.4, -0.2) is 0 Å². The number of benzene rings is 9. The van der Waals surface area contributed by atoms with Crippen LogP contribution in [0.2, 0.25) is 0 Å². The average molecular weight is 760 g/mol. The van der Waals surface area contributed by atoms with Gasteiger partial charge in [-0.25, -0.2) is 0 Å². The molecule has 0 radical (unpaired) electrons. The van der Waals surface area contributed by atoms with Crippen LogP contribution >= 0.6 is 0 Å². The molecule has 0 bridgehead atoms. The van der Waals surface area contributed by atoms with Crippen LogP contribution < -0.4 is 4.90 Å². The summed E-state index contributed by atoms with van der Waals surface area (Å²) >= 11 is 0. The fraction of sp³-hybridized carbons (Fsp3) is 0.0545. The second-order valence-electron chi connectivity index (χ2n) is 12.9. The molecule has 0 saturated heterocycles. The van der Waals surface area contributed by atoms with Gasteiger partial charge in [0.15, 0.2) is 5.58 Å². The monoisotopic (exact) mass is 759 g/mol. The van der Waals surface area contributed by atoms with Crippen molar-refractivity contribution in [1.82, 2.24) is 0 Å². The lowest BCUT2D eigenvalue weighted by Crippen LogP contribution is -2.16. The van der Waals surface area contributed by atoms with Crippen LogP contribution in [0.4, 0.5) is 17.1 Å². The highest BCUT2D eigenvalue weighted by molar-refractivity contribution is 6.10. The molecule has 1 aromatic heterocycles. The Morgan fingerprint density at radius 2 is 1.21 bits per heavy atom. The second kappa shape index (κ2) is 13.0. The highest BCUT2D eigenvalue weighted by atomic mass is 16.3. The van der Waals surface area contributed by atoms with E-state index >= 15 is 0 Å². The van der Waals surface area contributed by atoms with Crippen LogP contribution in [0.3, 0.4) is 0 Å². The fourth-order valence-electron chi connectivity index (χ4n) is 7.12. The van der Waals surface area contributed by atoms with E-state index in [1.807, 2.05) is 0 Å². The van der Waals surface area contributed by atoms with Crippen LogP contribution in [-0.2, 0) is 5.41 Å². The lowest BCUT2D eigenvalue weighted by molar-refractivity contribution is 0.660. The van der Waals surface area contributed by atoms with E-state index in [0.717, 1.165) is 30.3 Å². The van der Waals surface area contributed by atoms with E-state index in [4.69, 9.17) is 30.5 Å². The quantitative estimate of drug-likeness (QED) is 0.168. The van der Waals surface area contributed by atoms with Crippen molar-refractivity contribution in [2.45, 2.75) is 19.1 Å². The van der Waals surface area contributed by atoms with Gasteiger partial charge in [-0.05, 0) is 103 Å². The van der Waals surface area contributed by atoms with Crippen molar-refractivity contribution < 1.29 is 45.5 Å². The van der Waals surface area contributed by atoms with E-state index in [9.17, 15) is 15.1 Å². The third-order valence-electron chi connectivity index (χ3n) is 9.71. The van der Waals surface area contributed by atoms with Gasteiger partial charge in [0.25, 0.3) is 0 Å². The van der Waals surface area contributed by atoms with Gasteiger partial charge in [0.05, 0.1) is 38.6 Å². The molecule has 0 spiro atoms. The van der Waals surface area contributed by atoms with Crippen LogP contribution in [0.25, 0.3) is 77.2 Å². The molecule has 1 aliphatic rings. The Morgan fingerprint density at radius 1 is 0.491 bits per heavy atom. The van der Waals surface area contributed by atoms with Gasteiger partial charge < -0.3 is 9.32 Å². The maximum absolute atomic E-state index is 10.1. The molecule has 0 atom stereocenters. The zero-order valence-electron chi connectivity index (χ0n) is 59.1. The van der Waals surface area contributed by atoms with Crippen LogP contribution in [0, 0.1) is 0 Å². The molecule has 0 N–H and O–H groups in total. The Bertz CT molecular complexity index is 4690. The highest BCUT2D eigenvalue weighted by Gasteiger charge is 2.36. The SMILES string of the molecule is [2H]c1ccc2c(c1[2H])C(C([2H])([2H])[2H])(C([2H])([2H])[2H])c1c-2cc([2H])c(N(c2c([2H])c([2H])c(-c3ccc4cc([2H])c([2H])c([2H])c4c3-c3c([2H])c([2H])c(-c4c([2H])c([2H])c([2H])c([2H])c4[2H])c([2H])c3[2H])c([2H])c2[2H])c2cc([2H])c([2H])c3c2oc2ccc([2H])c([2H])c23)c1[2H]. The first-order chi connectivity index (χ1) is 40.5. The number of nitrogens with zero attached hydrogens (tertiary/aromatic N) is 1. The first-order valence-corrected chi connectivity index (χ1v) is 17.3. The summed E-state index contributed by atoms with van der Waals surface area (Å²) in [6.45, 7) is -7.42. The average Bonchev–Trinajstić information content (AvgIpc) is 1.56. The standard InChI is InChI=1S/C55H39NO/c1-55(2)49-20-10-8-17-45(49)46-34-32-42(35-50(46)55)56(51-21-12-19-48-47-18-9-11-22-52(47)57-54(48)51)41-30-27-39(28-31-41)44-33-29-38-15-6-7-16-43(38)53(44)40-25-23-37(24-26-40)36-13-4-3-5-14-36/h3-35H,1-2H3/i1D3,2D3,3D,4D,5D,6D,7D,9D,10D,12D,13D,14D,16D,18D,19D,20D,23D,24D,25D,26D,27D,28D,30D,31D,32D,35D. The number of anilines is 3. The van der Waals surface area contributed by atoms with Crippen molar-refractivity contribution in [2.75, 3.05) is 4.90 Å². The summed E-state index contributed by atoms with van der Waals surface area (Å²) in [6, 6.07) is -10.0. The minimum absolute atomic E-state index is 0.0389. The fourth-order valence-corrected chi connectivity index (χ4v) is 7.12. The van der Waals surface area contributed by atoms with Crippen molar-refractivity contribution in [3.63, 3.8) is 0 Å². The molecule has 0 fully saturated rings. The third kappa shape index (κ3) is 5.33. The van der Waals surface area contributed by atoms with Crippen molar-refractivity contribution in [3.8, 4) is 44.5 Å². The van der Waals surface area contributed by atoms with Crippen molar-refractivity contribution in [1.29, 1.82) is 0 Å². The summed E-state index contributed by atoms with van der Waals surface area (Å²) in [5.41, 5.74) is -12.5. The van der Waals surface area contributed by atoms with E-state index in [2.05, 4.69) is 0 Å². The molecule has 11 rings (SSSR count). The van der Waals surface area contributed by atoms with E-state index < -0.39 is 225 Å². The van der Waals surface area contributed by atoms with Gasteiger partial charge in [-0.2, -0.15) is 0 Å².